The highest BCUT2D eigenvalue weighted by Gasteiger charge is 2.18. The molecule has 0 bridgehead atoms. The molecule has 0 aliphatic heterocycles. The Balaban J connectivity index is 2.30. The maximum Gasteiger partial charge on any atom is 0.137 e. The molecule has 0 radical (unpaired) electrons. The molecule has 1 N–H and O–H groups in total. The van der Waals surface area contributed by atoms with Crippen LogP contribution in [-0.4, -0.2) is 16.3 Å². The van der Waals surface area contributed by atoms with Gasteiger partial charge in [0, 0.05) is 7.05 Å². The van der Waals surface area contributed by atoms with E-state index in [1.807, 2.05) is 17.8 Å². The molecule has 1 aromatic heterocycles. The molecule has 114 valence electrons. The van der Waals surface area contributed by atoms with Crippen molar-refractivity contribution in [2.75, 3.05) is 6.54 Å². The maximum atomic E-state index is 13.7. The van der Waals surface area contributed by atoms with Crippen LogP contribution in [-0.2, 0) is 19.9 Å². The van der Waals surface area contributed by atoms with Gasteiger partial charge in [-0.2, -0.15) is 5.10 Å². The normalized spacial score (nSPS) is 12.6. The maximum absolute atomic E-state index is 13.7. The number of benzene rings is 1. The van der Waals surface area contributed by atoms with E-state index < -0.39 is 0 Å². The topological polar surface area (TPSA) is 29.9 Å². The Morgan fingerprint density at radius 2 is 2.14 bits per heavy atom. The van der Waals surface area contributed by atoms with Crippen molar-refractivity contribution in [3.05, 3.63) is 51.5 Å². The number of nitrogens with zero attached hydrogens (tertiary/aromatic N) is 2. The van der Waals surface area contributed by atoms with Crippen LogP contribution in [0, 0.1) is 5.82 Å². The third-order valence-corrected chi connectivity index (χ3v) is 4.48. The number of aromatic nitrogens is 2. The van der Waals surface area contributed by atoms with Gasteiger partial charge in [-0.05, 0) is 53.0 Å². The Labute approximate surface area is 133 Å². The minimum atomic E-state index is -0.220. The van der Waals surface area contributed by atoms with Crippen LogP contribution >= 0.6 is 15.9 Å². The number of aryl methyl sites for hydroxylation is 2. The summed E-state index contributed by atoms with van der Waals surface area (Å²) in [5, 5.41) is 7.97. The largest absolute Gasteiger partial charge is 0.309 e. The average Bonchev–Trinajstić information content (AvgIpc) is 2.84. The Kier molecular flexibility index (Phi) is 5.53. The van der Waals surface area contributed by atoms with E-state index in [1.165, 1.54) is 6.07 Å². The molecule has 0 saturated heterocycles. The summed E-state index contributed by atoms with van der Waals surface area (Å²) >= 11 is 3.34. The van der Waals surface area contributed by atoms with E-state index in [-0.39, 0.29) is 11.9 Å². The number of rotatable bonds is 6. The Hall–Kier alpha value is -1.20. The van der Waals surface area contributed by atoms with Crippen molar-refractivity contribution in [3.8, 4) is 0 Å². The van der Waals surface area contributed by atoms with Crippen molar-refractivity contribution in [2.24, 2.45) is 7.05 Å². The van der Waals surface area contributed by atoms with Gasteiger partial charge >= 0.3 is 0 Å². The van der Waals surface area contributed by atoms with Gasteiger partial charge < -0.3 is 5.32 Å². The Morgan fingerprint density at radius 3 is 2.76 bits per heavy atom. The highest BCUT2D eigenvalue weighted by Crippen LogP contribution is 2.26. The summed E-state index contributed by atoms with van der Waals surface area (Å²) in [6, 6.07) is 7.41. The third kappa shape index (κ3) is 3.71. The van der Waals surface area contributed by atoms with Crippen LogP contribution in [0.5, 0.6) is 0 Å². The van der Waals surface area contributed by atoms with Gasteiger partial charge in [0.2, 0.25) is 0 Å². The summed E-state index contributed by atoms with van der Waals surface area (Å²) in [5.74, 6) is -0.220. The van der Waals surface area contributed by atoms with Gasteiger partial charge in [-0.15, -0.1) is 0 Å². The molecule has 21 heavy (non-hydrogen) atoms. The zero-order chi connectivity index (χ0) is 15.4. The summed E-state index contributed by atoms with van der Waals surface area (Å²) in [6.07, 6.45) is 1.63. The van der Waals surface area contributed by atoms with E-state index in [4.69, 9.17) is 0 Å². The van der Waals surface area contributed by atoms with Gasteiger partial charge in [-0.3, -0.25) is 4.68 Å². The monoisotopic (exact) mass is 353 g/mol. The van der Waals surface area contributed by atoms with Crippen molar-refractivity contribution in [3.63, 3.8) is 0 Å². The molecular formula is C16H21BrFN3. The second kappa shape index (κ2) is 7.18. The smallest absolute Gasteiger partial charge is 0.137 e. The van der Waals surface area contributed by atoms with Crippen LogP contribution in [0.2, 0.25) is 0 Å². The van der Waals surface area contributed by atoms with E-state index in [0.29, 0.717) is 4.47 Å². The first kappa shape index (κ1) is 16.2. The van der Waals surface area contributed by atoms with Crippen molar-refractivity contribution >= 4 is 15.9 Å². The van der Waals surface area contributed by atoms with Crippen LogP contribution in [0.3, 0.4) is 0 Å². The Bertz CT molecular complexity index is 610. The highest BCUT2D eigenvalue weighted by atomic mass is 79.9. The van der Waals surface area contributed by atoms with Gasteiger partial charge in [0.15, 0.2) is 0 Å². The minimum absolute atomic E-state index is 0.117. The molecule has 2 rings (SSSR count). The first-order valence-electron chi connectivity index (χ1n) is 7.25. The van der Waals surface area contributed by atoms with Crippen LogP contribution in [0.15, 0.2) is 28.7 Å². The van der Waals surface area contributed by atoms with Crippen LogP contribution in [0.4, 0.5) is 4.39 Å². The van der Waals surface area contributed by atoms with E-state index in [9.17, 15) is 4.39 Å². The molecule has 2 aromatic rings. The summed E-state index contributed by atoms with van der Waals surface area (Å²) in [4.78, 5) is 0. The van der Waals surface area contributed by atoms with Gasteiger partial charge in [-0.25, -0.2) is 4.39 Å². The van der Waals surface area contributed by atoms with Gasteiger partial charge in [-0.1, -0.05) is 26.0 Å². The summed E-state index contributed by atoms with van der Waals surface area (Å²) in [6.45, 7) is 5.02. The number of likely N-dealkylation sites (N-methyl/N-ethyl adjacent to an activating group) is 1. The zero-order valence-electron chi connectivity index (χ0n) is 12.7. The summed E-state index contributed by atoms with van der Waals surface area (Å²) in [7, 11) is 1.96. The molecule has 0 aliphatic rings. The lowest BCUT2D eigenvalue weighted by molar-refractivity contribution is 0.505. The minimum Gasteiger partial charge on any atom is -0.309 e. The van der Waals surface area contributed by atoms with Gasteiger partial charge in [0.25, 0.3) is 0 Å². The lowest BCUT2D eigenvalue weighted by Crippen LogP contribution is -2.25. The molecule has 5 heteroatoms. The molecule has 1 unspecified atom stereocenters. The SMILES string of the molecule is CCNC(Cc1cccc(F)c1Br)c1cc(CC)nn1C. The van der Waals surface area contributed by atoms with Gasteiger partial charge in [0.1, 0.15) is 5.82 Å². The molecule has 0 amide bonds. The molecule has 1 heterocycles. The van der Waals surface area contributed by atoms with Crippen molar-refractivity contribution in [1.82, 2.24) is 15.1 Å². The molecular weight excluding hydrogens is 333 g/mol. The second-order valence-electron chi connectivity index (χ2n) is 5.07. The van der Waals surface area contributed by atoms with E-state index in [0.717, 1.165) is 36.3 Å². The second-order valence-corrected chi connectivity index (χ2v) is 5.86. The fourth-order valence-electron chi connectivity index (χ4n) is 2.50. The lowest BCUT2D eigenvalue weighted by Gasteiger charge is -2.19. The number of hydrogen-bond acceptors (Lipinski definition) is 2. The summed E-state index contributed by atoms with van der Waals surface area (Å²) < 4.78 is 16.1. The lowest BCUT2D eigenvalue weighted by atomic mass is 10.0. The molecule has 1 aromatic carbocycles. The van der Waals surface area contributed by atoms with Crippen LogP contribution in [0.25, 0.3) is 0 Å². The molecule has 0 saturated carbocycles. The number of nitrogens with one attached hydrogen (secondary N) is 1. The Morgan fingerprint density at radius 1 is 1.38 bits per heavy atom. The van der Waals surface area contributed by atoms with Crippen molar-refractivity contribution < 1.29 is 4.39 Å². The average molecular weight is 354 g/mol. The summed E-state index contributed by atoms with van der Waals surface area (Å²) in [5.41, 5.74) is 3.17. The molecule has 0 spiro atoms. The van der Waals surface area contributed by atoms with E-state index in [1.54, 1.807) is 6.07 Å². The third-order valence-electron chi connectivity index (χ3n) is 3.59. The molecule has 3 nitrogen and oxygen atoms in total. The fourth-order valence-corrected chi connectivity index (χ4v) is 2.92. The molecule has 0 aliphatic carbocycles. The van der Waals surface area contributed by atoms with E-state index >= 15 is 0 Å². The first-order chi connectivity index (χ1) is 10.1. The number of halogens is 2. The predicted molar refractivity (Wildman–Crippen MR) is 86.8 cm³/mol. The standard InChI is InChI=1S/C16H21BrFN3/c1-4-12-10-15(21(3)20-12)14(19-5-2)9-11-7-6-8-13(18)16(11)17/h6-8,10,14,19H,4-5,9H2,1-3H3. The van der Waals surface area contributed by atoms with Crippen molar-refractivity contribution in [1.29, 1.82) is 0 Å². The zero-order valence-corrected chi connectivity index (χ0v) is 14.2. The van der Waals surface area contributed by atoms with Crippen LogP contribution in [0.1, 0.15) is 36.8 Å². The first-order valence-corrected chi connectivity index (χ1v) is 8.05. The fraction of sp³-hybridized carbons (Fsp3) is 0.438. The quantitative estimate of drug-likeness (QED) is 0.856. The van der Waals surface area contributed by atoms with Crippen molar-refractivity contribution in [2.45, 2.75) is 32.7 Å². The van der Waals surface area contributed by atoms with Gasteiger partial charge in [0.05, 0.1) is 21.9 Å². The highest BCUT2D eigenvalue weighted by molar-refractivity contribution is 9.10. The van der Waals surface area contributed by atoms with E-state index in [2.05, 4.69) is 46.3 Å². The predicted octanol–water partition coefficient (Wildman–Crippen LogP) is 3.78. The molecule has 1 atom stereocenters. The number of hydrogen-bond donors (Lipinski definition) is 1. The van der Waals surface area contributed by atoms with Crippen LogP contribution < -0.4 is 5.32 Å². The molecule has 0 fully saturated rings.